The first kappa shape index (κ1) is 54.5. The molecule has 2 rings (SSSR count). The molecule has 2 bridgehead atoms. The summed E-state index contributed by atoms with van der Waals surface area (Å²) < 4.78 is 34.4. The number of carbonyl (C=O) groups excluding carboxylic acids is 2. The lowest BCUT2D eigenvalue weighted by Gasteiger charge is -2.27. The van der Waals surface area contributed by atoms with E-state index in [4.69, 9.17) is 33.2 Å². The molecule has 0 amide bonds. The van der Waals surface area contributed by atoms with Gasteiger partial charge in [0.2, 0.25) is 0 Å². The topological polar surface area (TPSA) is 156 Å². The average molecular weight is 875 g/mol. The maximum Gasteiger partial charge on any atom is 0.472 e. The summed E-state index contributed by atoms with van der Waals surface area (Å²) >= 11 is 0. The van der Waals surface area contributed by atoms with E-state index in [-0.39, 0.29) is 56.2 Å². The molecule has 1 aliphatic heterocycles. The van der Waals surface area contributed by atoms with Crippen LogP contribution in [0.4, 0.5) is 0 Å². The largest absolute Gasteiger partial charge is 0.472 e. The second kappa shape index (κ2) is 32.9. The molecule has 1 saturated carbocycles. The smallest absolute Gasteiger partial charge is 0.462 e. The van der Waals surface area contributed by atoms with Crippen LogP contribution in [0.5, 0.6) is 0 Å². The van der Waals surface area contributed by atoms with Crippen molar-refractivity contribution in [3.8, 4) is 0 Å². The standard InChI is InChI=1S/C46H84NO12P/c1-6-8-10-11-12-13-14-15-16-17-18-19-20-21-26-30-45(48)53-37-40(38-55-60(51,52)54-35-34-47(3,4)5)56-46(49)31-27-23-22-25-29-41-42(44-36-43(41)58-59-44)33-32-39(57-50)28-24-9-7-2/h22,25,32-33,39-44H,6-21,23-24,26-31,34-38H2,1-5H3,(H-,50,51,52)/p+1/b25-22-,33-32+. The fourth-order valence-corrected chi connectivity index (χ4v) is 8.43. The number of rotatable bonds is 39. The molecule has 2 aliphatic rings. The van der Waals surface area contributed by atoms with Crippen LogP contribution in [-0.4, -0.2) is 98.5 Å². The SMILES string of the molecule is CCCCCCCCCCCCCCCCCC(=O)OCC(COP(=O)(O)OCC[N+](C)(C)C)OC(=O)CCC/C=C\CC1C2CC(OO2)C1/C=C/C(CCCCC)OO. The van der Waals surface area contributed by atoms with E-state index in [1.165, 1.54) is 77.0 Å². The summed E-state index contributed by atoms with van der Waals surface area (Å²) in [4.78, 5) is 51.4. The van der Waals surface area contributed by atoms with Gasteiger partial charge in [0.05, 0.1) is 33.9 Å². The normalized spacial score (nSPS) is 21.2. The average Bonchev–Trinajstić information content (AvgIpc) is 3.82. The number of quaternary nitrogens is 1. The number of hydrogen-bond donors (Lipinski definition) is 2. The van der Waals surface area contributed by atoms with Crippen LogP contribution < -0.4 is 0 Å². The predicted octanol–water partition coefficient (Wildman–Crippen LogP) is 11.0. The van der Waals surface area contributed by atoms with E-state index in [0.29, 0.717) is 23.9 Å². The third kappa shape index (κ3) is 26.7. The molecule has 350 valence electrons. The highest BCUT2D eigenvalue weighted by molar-refractivity contribution is 7.47. The molecule has 0 aromatic carbocycles. The fourth-order valence-electron chi connectivity index (χ4n) is 7.69. The highest BCUT2D eigenvalue weighted by Crippen LogP contribution is 2.45. The zero-order valence-electron chi connectivity index (χ0n) is 38.2. The molecule has 7 unspecified atom stereocenters. The number of phosphoric ester groups is 1. The predicted molar refractivity (Wildman–Crippen MR) is 235 cm³/mol. The fraction of sp³-hybridized carbons (Fsp3) is 0.870. The summed E-state index contributed by atoms with van der Waals surface area (Å²) in [5.74, 6) is -0.529. The van der Waals surface area contributed by atoms with Crippen molar-refractivity contribution in [2.45, 2.75) is 199 Å². The van der Waals surface area contributed by atoms with Crippen molar-refractivity contribution in [2.24, 2.45) is 11.8 Å². The van der Waals surface area contributed by atoms with Crippen LogP contribution in [0.2, 0.25) is 0 Å². The van der Waals surface area contributed by atoms with Crippen molar-refractivity contribution in [3.63, 3.8) is 0 Å². The number of fused-ring (bicyclic) bond motifs is 2. The number of allylic oxidation sites excluding steroid dienone is 2. The molecule has 0 spiro atoms. The summed E-state index contributed by atoms with van der Waals surface area (Å²) in [5, 5.41) is 9.36. The maximum absolute atomic E-state index is 12.9. The van der Waals surface area contributed by atoms with Crippen LogP contribution in [0.15, 0.2) is 24.3 Å². The van der Waals surface area contributed by atoms with Crippen molar-refractivity contribution in [3.05, 3.63) is 24.3 Å². The number of phosphoric acid groups is 1. The lowest BCUT2D eigenvalue weighted by atomic mass is 9.89. The number of carbonyl (C=O) groups is 2. The number of ether oxygens (including phenoxy) is 2. The van der Waals surface area contributed by atoms with Crippen LogP contribution in [0.1, 0.15) is 174 Å². The quantitative estimate of drug-likeness (QED) is 0.0115. The van der Waals surface area contributed by atoms with Crippen molar-refractivity contribution in [1.29, 1.82) is 0 Å². The third-order valence-electron chi connectivity index (χ3n) is 11.4. The van der Waals surface area contributed by atoms with Gasteiger partial charge in [0.15, 0.2) is 6.10 Å². The molecule has 7 atom stereocenters. The summed E-state index contributed by atoms with van der Waals surface area (Å²) in [5.41, 5.74) is 0. The Morgan fingerprint density at radius 3 is 1.95 bits per heavy atom. The number of unbranched alkanes of at least 4 members (excludes halogenated alkanes) is 17. The maximum atomic E-state index is 12.9. The molecule has 0 aromatic rings. The van der Waals surface area contributed by atoms with Crippen LogP contribution in [0.25, 0.3) is 0 Å². The van der Waals surface area contributed by atoms with Gasteiger partial charge < -0.3 is 18.9 Å². The monoisotopic (exact) mass is 875 g/mol. The van der Waals surface area contributed by atoms with Gasteiger partial charge >= 0.3 is 19.8 Å². The first-order valence-corrected chi connectivity index (χ1v) is 25.1. The lowest BCUT2D eigenvalue weighted by molar-refractivity contribution is -0.870. The van der Waals surface area contributed by atoms with Crippen molar-refractivity contribution >= 4 is 19.8 Å². The summed E-state index contributed by atoms with van der Waals surface area (Å²) in [7, 11) is 1.38. The molecule has 1 heterocycles. The molecule has 2 fully saturated rings. The Balaban J connectivity index is 1.73. The van der Waals surface area contributed by atoms with E-state index in [0.717, 1.165) is 57.8 Å². The Morgan fingerprint density at radius 1 is 0.750 bits per heavy atom. The highest BCUT2D eigenvalue weighted by Gasteiger charge is 2.49. The Hall–Kier alpha value is -1.67. The van der Waals surface area contributed by atoms with Gasteiger partial charge in [-0.05, 0) is 32.1 Å². The van der Waals surface area contributed by atoms with Crippen molar-refractivity contribution < 1.29 is 62.0 Å². The number of likely N-dealkylation sites (N-methyl/N-ethyl adjacent to an activating group) is 1. The van der Waals surface area contributed by atoms with Crippen LogP contribution in [0.3, 0.4) is 0 Å². The van der Waals surface area contributed by atoms with E-state index in [9.17, 15) is 24.3 Å². The van der Waals surface area contributed by atoms with Crippen molar-refractivity contribution in [2.75, 3.05) is 47.5 Å². The van der Waals surface area contributed by atoms with E-state index in [1.54, 1.807) is 0 Å². The first-order valence-electron chi connectivity index (χ1n) is 23.6. The van der Waals surface area contributed by atoms with Gasteiger partial charge in [0.25, 0.3) is 0 Å². The first-order chi connectivity index (χ1) is 28.9. The summed E-state index contributed by atoms with van der Waals surface area (Å²) in [6.07, 6.45) is 32.4. The zero-order chi connectivity index (χ0) is 43.9. The Labute approximate surface area is 363 Å². The van der Waals surface area contributed by atoms with Crippen LogP contribution in [0, 0.1) is 11.8 Å². The third-order valence-corrected chi connectivity index (χ3v) is 12.4. The van der Waals surface area contributed by atoms with E-state index >= 15 is 0 Å². The molecule has 1 saturated heterocycles. The van der Waals surface area contributed by atoms with E-state index in [1.807, 2.05) is 33.3 Å². The minimum atomic E-state index is -4.43. The zero-order valence-corrected chi connectivity index (χ0v) is 39.0. The van der Waals surface area contributed by atoms with Gasteiger partial charge in [-0.15, -0.1) is 0 Å². The minimum absolute atomic E-state index is 0.00188. The molecule has 13 nitrogen and oxygen atoms in total. The van der Waals surface area contributed by atoms with Gasteiger partial charge in [0, 0.05) is 31.1 Å². The summed E-state index contributed by atoms with van der Waals surface area (Å²) in [6, 6.07) is 0. The number of esters is 2. The van der Waals surface area contributed by atoms with Gasteiger partial charge in [-0.2, -0.15) is 0 Å². The number of hydrogen-bond acceptors (Lipinski definition) is 11. The van der Waals surface area contributed by atoms with Crippen LogP contribution >= 0.6 is 7.82 Å². The Kier molecular flexibility index (Phi) is 29.9. The van der Waals surface area contributed by atoms with Gasteiger partial charge in [-0.25, -0.2) is 19.2 Å². The van der Waals surface area contributed by atoms with Crippen LogP contribution in [-0.2, 0) is 47.3 Å². The lowest BCUT2D eigenvalue weighted by Crippen LogP contribution is -2.37. The summed E-state index contributed by atoms with van der Waals surface area (Å²) in [6.45, 7) is 4.15. The van der Waals surface area contributed by atoms with Crippen molar-refractivity contribution in [1.82, 2.24) is 0 Å². The molecule has 0 aromatic heterocycles. The second-order valence-electron chi connectivity index (χ2n) is 18.0. The molecule has 1 aliphatic carbocycles. The number of nitrogens with zero attached hydrogens (tertiary/aromatic N) is 1. The molecular weight excluding hydrogens is 789 g/mol. The van der Waals surface area contributed by atoms with Gasteiger partial charge in [-0.1, -0.05) is 147 Å². The van der Waals surface area contributed by atoms with Gasteiger partial charge in [-0.3, -0.25) is 23.9 Å². The highest BCUT2D eigenvalue weighted by atomic mass is 31.2. The second-order valence-corrected chi connectivity index (χ2v) is 19.4. The van der Waals surface area contributed by atoms with Gasteiger partial charge in [0.1, 0.15) is 32.0 Å². The Morgan fingerprint density at radius 2 is 1.33 bits per heavy atom. The molecular formula is C46H85NO12P+. The molecule has 14 heteroatoms. The molecule has 0 radical (unpaired) electrons. The van der Waals surface area contributed by atoms with E-state index < -0.39 is 32.5 Å². The minimum Gasteiger partial charge on any atom is -0.462 e. The Bertz CT molecular complexity index is 1230. The molecule has 60 heavy (non-hydrogen) atoms. The van der Waals surface area contributed by atoms with E-state index in [2.05, 4.69) is 26.0 Å². The molecule has 2 N–H and O–H groups in total.